The Morgan fingerprint density at radius 2 is 2.09 bits per heavy atom. The van der Waals surface area contributed by atoms with Gasteiger partial charge in [-0.3, -0.25) is 4.79 Å². The Hall–Kier alpha value is -1.11. The van der Waals surface area contributed by atoms with Crippen molar-refractivity contribution in [3.8, 4) is 0 Å². The largest absolute Gasteiger partial charge is 0.295 e. The highest BCUT2D eigenvalue weighted by atomic mass is 16.1. The van der Waals surface area contributed by atoms with Crippen molar-refractivity contribution >= 4 is 5.78 Å². The van der Waals surface area contributed by atoms with Crippen LogP contribution in [0.5, 0.6) is 0 Å². The highest BCUT2D eigenvalue weighted by molar-refractivity contribution is 5.92. The highest BCUT2D eigenvalue weighted by Gasteiger charge is 2.53. The van der Waals surface area contributed by atoms with Crippen molar-refractivity contribution in [1.29, 1.82) is 0 Å². The van der Waals surface area contributed by atoms with Crippen molar-refractivity contribution in [3.05, 3.63) is 34.9 Å². The maximum Gasteiger partial charge on any atom is 0.156 e. The molecule has 0 amide bonds. The number of allylic oxidation sites excluding steroid dienone is 6. The molecule has 4 aliphatic carbocycles. The normalized spacial score (nSPS) is 44.3. The summed E-state index contributed by atoms with van der Waals surface area (Å²) in [5.74, 6) is 3.36. The second-order valence-electron chi connectivity index (χ2n) is 8.54. The molecule has 0 aromatic rings. The molecule has 1 nitrogen and oxygen atoms in total. The van der Waals surface area contributed by atoms with Crippen LogP contribution in [0.25, 0.3) is 0 Å². The van der Waals surface area contributed by atoms with Gasteiger partial charge in [-0.05, 0) is 86.2 Å². The molecule has 4 rings (SSSR count). The SMILES string of the molecule is CCC=C1CC[C@H]2[C@@H]3C=C(C)C4=CC(=O)CC[C@@H]4[C@H]3CC[C@]12C. The monoisotopic (exact) mass is 310 g/mol. The van der Waals surface area contributed by atoms with Gasteiger partial charge in [0.2, 0.25) is 0 Å². The Labute approximate surface area is 140 Å². The topological polar surface area (TPSA) is 17.1 Å². The van der Waals surface area contributed by atoms with Gasteiger partial charge in [0.1, 0.15) is 0 Å². The summed E-state index contributed by atoms with van der Waals surface area (Å²) in [6.07, 6.45) is 15.5. The van der Waals surface area contributed by atoms with E-state index in [9.17, 15) is 4.79 Å². The lowest BCUT2D eigenvalue weighted by Gasteiger charge is -2.51. The van der Waals surface area contributed by atoms with E-state index in [-0.39, 0.29) is 0 Å². The van der Waals surface area contributed by atoms with Gasteiger partial charge in [-0.1, -0.05) is 37.1 Å². The molecule has 5 atom stereocenters. The maximum atomic E-state index is 11.9. The van der Waals surface area contributed by atoms with Gasteiger partial charge >= 0.3 is 0 Å². The lowest BCUT2D eigenvalue weighted by atomic mass is 9.53. The summed E-state index contributed by atoms with van der Waals surface area (Å²) in [6.45, 7) is 7.06. The van der Waals surface area contributed by atoms with Gasteiger partial charge in [-0.15, -0.1) is 0 Å². The molecule has 0 bridgehead atoms. The fraction of sp³-hybridized carbons (Fsp3) is 0.682. The van der Waals surface area contributed by atoms with Crippen LogP contribution in [0.4, 0.5) is 0 Å². The maximum absolute atomic E-state index is 11.9. The molecule has 0 heterocycles. The summed E-state index contributed by atoms with van der Waals surface area (Å²) in [7, 11) is 0. The second-order valence-corrected chi connectivity index (χ2v) is 8.54. The van der Waals surface area contributed by atoms with Crippen LogP contribution in [0.15, 0.2) is 34.9 Å². The third-order valence-corrected chi connectivity index (χ3v) is 7.52. The van der Waals surface area contributed by atoms with Crippen molar-refractivity contribution in [3.63, 3.8) is 0 Å². The van der Waals surface area contributed by atoms with Crippen LogP contribution in [0, 0.1) is 29.1 Å². The molecule has 2 fully saturated rings. The van der Waals surface area contributed by atoms with Crippen LogP contribution in [-0.2, 0) is 4.79 Å². The van der Waals surface area contributed by atoms with Crippen molar-refractivity contribution in [2.75, 3.05) is 0 Å². The minimum atomic E-state index is 0.345. The molecular weight excluding hydrogens is 280 g/mol. The highest BCUT2D eigenvalue weighted by Crippen LogP contribution is 2.62. The standard InChI is InChI=1S/C22H30O/c1-4-5-15-6-9-21-20-12-14(2)19-13-16(23)7-8-17(19)18(20)10-11-22(15,21)3/h5,12-13,17-18,20-21H,4,6-11H2,1-3H3/t17-,18-,20-,21+,22-/m1/s1. The van der Waals surface area contributed by atoms with Gasteiger partial charge in [-0.2, -0.15) is 0 Å². The van der Waals surface area contributed by atoms with Crippen molar-refractivity contribution in [2.24, 2.45) is 29.1 Å². The van der Waals surface area contributed by atoms with E-state index in [0.29, 0.717) is 17.1 Å². The smallest absolute Gasteiger partial charge is 0.156 e. The lowest BCUT2D eigenvalue weighted by Crippen LogP contribution is -2.44. The zero-order valence-electron chi connectivity index (χ0n) is 14.9. The van der Waals surface area contributed by atoms with Gasteiger partial charge < -0.3 is 0 Å². The quantitative estimate of drug-likeness (QED) is 0.574. The number of carbonyl (C=O) groups is 1. The Bertz CT molecular complexity index is 620. The summed E-state index contributed by atoms with van der Waals surface area (Å²) in [4.78, 5) is 11.9. The fourth-order valence-corrected chi connectivity index (χ4v) is 6.41. The minimum absolute atomic E-state index is 0.345. The number of hydrogen-bond acceptors (Lipinski definition) is 1. The van der Waals surface area contributed by atoms with Crippen LogP contribution in [0.2, 0.25) is 0 Å². The summed E-state index contributed by atoms with van der Waals surface area (Å²) in [6, 6.07) is 0. The van der Waals surface area contributed by atoms with Crippen LogP contribution < -0.4 is 0 Å². The molecule has 1 heteroatoms. The molecule has 124 valence electrons. The van der Waals surface area contributed by atoms with Crippen molar-refractivity contribution in [1.82, 2.24) is 0 Å². The zero-order chi connectivity index (χ0) is 16.2. The molecular formula is C22H30O. The first kappa shape index (κ1) is 15.4. The lowest BCUT2D eigenvalue weighted by molar-refractivity contribution is -0.115. The van der Waals surface area contributed by atoms with Gasteiger partial charge in [-0.25, -0.2) is 0 Å². The third kappa shape index (κ3) is 2.22. The summed E-state index contributed by atoms with van der Waals surface area (Å²) >= 11 is 0. The molecule has 0 radical (unpaired) electrons. The molecule has 0 aliphatic heterocycles. The van der Waals surface area contributed by atoms with E-state index in [1.165, 1.54) is 43.3 Å². The Morgan fingerprint density at radius 1 is 1.26 bits per heavy atom. The van der Waals surface area contributed by atoms with E-state index in [2.05, 4.69) is 32.9 Å². The second kappa shape index (κ2) is 5.46. The summed E-state index contributed by atoms with van der Waals surface area (Å²) in [5.41, 5.74) is 4.98. The fourth-order valence-electron chi connectivity index (χ4n) is 6.41. The predicted molar refractivity (Wildman–Crippen MR) is 95.0 cm³/mol. The predicted octanol–water partition coefficient (Wildman–Crippen LogP) is 5.63. The molecule has 0 saturated heterocycles. The number of ketones is 1. The van der Waals surface area contributed by atoms with E-state index in [1.807, 2.05) is 6.08 Å². The minimum Gasteiger partial charge on any atom is -0.295 e. The molecule has 0 N–H and O–H groups in total. The summed E-state index contributed by atoms with van der Waals surface area (Å²) < 4.78 is 0. The molecule has 23 heavy (non-hydrogen) atoms. The van der Waals surface area contributed by atoms with E-state index in [4.69, 9.17) is 0 Å². The van der Waals surface area contributed by atoms with Gasteiger partial charge in [0.15, 0.2) is 5.78 Å². The van der Waals surface area contributed by atoms with Gasteiger partial charge in [0, 0.05) is 6.42 Å². The number of fused-ring (bicyclic) bond motifs is 5. The Morgan fingerprint density at radius 3 is 2.87 bits per heavy atom. The number of carbonyl (C=O) groups excluding carboxylic acids is 1. The molecule has 0 spiro atoms. The van der Waals surface area contributed by atoms with E-state index in [1.54, 1.807) is 5.57 Å². The number of rotatable bonds is 1. The zero-order valence-corrected chi connectivity index (χ0v) is 14.9. The van der Waals surface area contributed by atoms with E-state index >= 15 is 0 Å². The average Bonchev–Trinajstić information content (AvgIpc) is 2.85. The first-order chi connectivity index (χ1) is 11.0. The van der Waals surface area contributed by atoms with Crippen molar-refractivity contribution < 1.29 is 4.79 Å². The molecule has 2 saturated carbocycles. The third-order valence-electron chi connectivity index (χ3n) is 7.52. The van der Waals surface area contributed by atoms with Crippen LogP contribution in [0.1, 0.15) is 65.7 Å². The number of hydrogen-bond donors (Lipinski definition) is 0. The first-order valence-electron chi connectivity index (χ1n) is 9.67. The first-order valence-corrected chi connectivity index (χ1v) is 9.67. The molecule has 4 aliphatic rings. The van der Waals surface area contributed by atoms with Gasteiger partial charge in [0.05, 0.1) is 0 Å². The van der Waals surface area contributed by atoms with E-state index in [0.717, 1.165) is 30.6 Å². The van der Waals surface area contributed by atoms with Gasteiger partial charge in [0.25, 0.3) is 0 Å². The molecule has 0 aromatic carbocycles. The Balaban J connectivity index is 1.72. The van der Waals surface area contributed by atoms with E-state index < -0.39 is 0 Å². The molecule has 0 unspecified atom stereocenters. The van der Waals surface area contributed by atoms with Crippen LogP contribution in [-0.4, -0.2) is 5.78 Å². The van der Waals surface area contributed by atoms with Crippen molar-refractivity contribution in [2.45, 2.75) is 65.7 Å². The average molecular weight is 310 g/mol. The molecule has 0 aromatic heterocycles. The van der Waals surface area contributed by atoms with Crippen LogP contribution in [0.3, 0.4) is 0 Å². The Kier molecular flexibility index (Phi) is 3.66. The van der Waals surface area contributed by atoms with Crippen LogP contribution >= 0.6 is 0 Å². The summed E-state index contributed by atoms with van der Waals surface area (Å²) in [5, 5.41) is 0.